The summed E-state index contributed by atoms with van der Waals surface area (Å²) >= 11 is 1.51. The maximum atomic E-state index is 11.8. The fraction of sp³-hybridized carbons (Fsp3) is 0.0952. The molecule has 0 aliphatic carbocycles. The lowest BCUT2D eigenvalue weighted by molar-refractivity contribution is 0.0697. The highest BCUT2D eigenvalue weighted by Gasteiger charge is 2.28. The molecule has 0 radical (unpaired) electrons. The molecule has 3 aromatic rings. The average molecular weight is 394 g/mol. The van der Waals surface area contributed by atoms with Gasteiger partial charge in [-0.2, -0.15) is 0 Å². The molecule has 3 N–H and O–H groups in total. The van der Waals surface area contributed by atoms with Gasteiger partial charge in [0.1, 0.15) is 11.5 Å². The number of carbonyl (C=O) groups is 1. The number of carboxylic acids is 1. The topological polar surface area (TPSA) is 82.0 Å². The molecule has 0 atom stereocenters. The molecule has 0 amide bonds. The Balaban J connectivity index is 1.79. The number of nitrogens with one attached hydrogen (secondary N) is 1. The Morgan fingerprint density at radius 2 is 1.93 bits per heavy atom. The van der Waals surface area contributed by atoms with Gasteiger partial charge in [0.05, 0.1) is 36.4 Å². The Hall–Kier alpha value is -3.32. The number of phenols is 1. The van der Waals surface area contributed by atoms with Crippen LogP contribution in [0.3, 0.4) is 0 Å². The second-order valence-electron chi connectivity index (χ2n) is 6.17. The second-order valence-corrected chi connectivity index (χ2v) is 7.26. The van der Waals surface area contributed by atoms with Crippen molar-refractivity contribution in [3.63, 3.8) is 0 Å². The first-order chi connectivity index (χ1) is 13.6. The van der Waals surface area contributed by atoms with E-state index in [1.54, 1.807) is 37.4 Å². The first-order valence-corrected chi connectivity index (χ1v) is 9.41. The van der Waals surface area contributed by atoms with Gasteiger partial charge in [0.25, 0.3) is 0 Å². The summed E-state index contributed by atoms with van der Waals surface area (Å²) in [6.45, 7) is 0.286. The van der Waals surface area contributed by atoms with Crippen LogP contribution in [0.1, 0.15) is 10.4 Å². The van der Waals surface area contributed by atoms with Crippen LogP contribution in [0, 0.1) is 0 Å². The molecule has 0 saturated carbocycles. The third-order valence-corrected chi connectivity index (χ3v) is 5.60. The number of methoxy groups -OCH3 is 1. The van der Waals surface area contributed by atoms with Gasteiger partial charge in [-0.3, -0.25) is 0 Å². The molecule has 0 unspecified atom stereocenters. The van der Waals surface area contributed by atoms with E-state index >= 15 is 0 Å². The highest BCUT2D eigenvalue weighted by Crippen LogP contribution is 2.50. The minimum atomic E-state index is -0.984. The number of carboxylic acid groups (broad SMARTS) is 1. The normalized spacial score (nSPS) is 12.1. The minimum absolute atomic E-state index is 0.135. The largest absolute Gasteiger partial charge is 0.506 e. The van der Waals surface area contributed by atoms with E-state index in [4.69, 9.17) is 4.74 Å². The van der Waals surface area contributed by atoms with Gasteiger partial charge in [-0.25, -0.2) is 4.79 Å². The Kier molecular flexibility index (Phi) is 4.75. The van der Waals surface area contributed by atoms with Crippen LogP contribution in [-0.4, -0.2) is 30.0 Å². The lowest BCUT2D eigenvalue weighted by Gasteiger charge is -2.34. The molecular weight excluding hydrogens is 376 g/mol. The predicted octanol–water partition coefficient (Wildman–Crippen LogP) is 4.77. The van der Waals surface area contributed by atoms with Crippen LogP contribution >= 0.6 is 11.8 Å². The molecule has 7 heteroatoms. The molecule has 1 heterocycles. The van der Waals surface area contributed by atoms with Crippen molar-refractivity contribution in [2.75, 3.05) is 24.0 Å². The third-order valence-electron chi connectivity index (χ3n) is 4.51. The number of hydrogen-bond acceptors (Lipinski definition) is 6. The maximum Gasteiger partial charge on any atom is 0.337 e. The summed E-state index contributed by atoms with van der Waals surface area (Å²) in [6.07, 6.45) is 0. The van der Waals surface area contributed by atoms with Crippen molar-refractivity contribution in [3.8, 4) is 11.5 Å². The van der Waals surface area contributed by atoms with Crippen LogP contribution in [0.15, 0.2) is 70.5 Å². The number of hydrogen-bond donors (Lipinski definition) is 3. The first kappa shape index (κ1) is 18.1. The van der Waals surface area contributed by atoms with Crippen LogP contribution in [0.4, 0.5) is 17.1 Å². The van der Waals surface area contributed by atoms with Crippen molar-refractivity contribution in [2.45, 2.75) is 9.79 Å². The zero-order chi connectivity index (χ0) is 19.7. The molecule has 1 aliphatic rings. The zero-order valence-electron chi connectivity index (χ0n) is 15.0. The number of phenolic OH excluding ortho intramolecular Hbond substituents is 1. The fourth-order valence-corrected chi connectivity index (χ4v) is 4.33. The molecular formula is C21H18N2O4S. The quantitative estimate of drug-likeness (QED) is 0.538. The minimum Gasteiger partial charge on any atom is -0.506 e. The van der Waals surface area contributed by atoms with E-state index in [1.165, 1.54) is 11.8 Å². The number of ether oxygens (including phenoxy) is 1. The summed E-state index contributed by atoms with van der Waals surface area (Å²) in [5.41, 5.74) is 2.30. The van der Waals surface area contributed by atoms with Crippen molar-refractivity contribution < 1.29 is 19.7 Å². The van der Waals surface area contributed by atoms with Gasteiger partial charge in [0.15, 0.2) is 0 Å². The molecule has 0 saturated heterocycles. The number of benzene rings is 3. The lowest BCUT2D eigenvalue weighted by Crippen LogP contribution is -2.28. The third kappa shape index (κ3) is 3.20. The van der Waals surface area contributed by atoms with Gasteiger partial charge in [-0.15, -0.1) is 0 Å². The summed E-state index contributed by atoms with van der Waals surface area (Å²) in [4.78, 5) is 15.6. The smallest absolute Gasteiger partial charge is 0.337 e. The van der Waals surface area contributed by atoms with E-state index < -0.39 is 5.97 Å². The van der Waals surface area contributed by atoms with Crippen molar-refractivity contribution in [1.82, 2.24) is 0 Å². The average Bonchev–Trinajstić information content (AvgIpc) is 2.71. The van der Waals surface area contributed by atoms with E-state index in [2.05, 4.69) is 5.32 Å². The molecule has 6 nitrogen and oxygen atoms in total. The highest BCUT2D eigenvalue weighted by atomic mass is 32.2. The molecule has 28 heavy (non-hydrogen) atoms. The Labute approximate surface area is 166 Å². The summed E-state index contributed by atoms with van der Waals surface area (Å²) in [5, 5.41) is 22.9. The van der Waals surface area contributed by atoms with E-state index in [-0.39, 0.29) is 18.0 Å². The molecule has 1 aliphatic heterocycles. The van der Waals surface area contributed by atoms with Crippen LogP contribution in [-0.2, 0) is 0 Å². The first-order valence-electron chi connectivity index (χ1n) is 8.60. The Morgan fingerprint density at radius 3 is 2.68 bits per heavy atom. The van der Waals surface area contributed by atoms with Crippen LogP contribution in [0.25, 0.3) is 0 Å². The molecule has 0 bridgehead atoms. The Bertz CT molecular complexity index is 1050. The summed E-state index contributed by atoms with van der Waals surface area (Å²) in [6, 6.07) is 17.9. The second kappa shape index (κ2) is 7.36. The Morgan fingerprint density at radius 1 is 1.11 bits per heavy atom. The molecule has 0 aromatic heterocycles. The summed E-state index contributed by atoms with van der Waals surface area (Å²) in [5.74, 6) is -0.116. The molecule has 0 fully saturated rings. The number of fused-ring (bicyclic) bond motifs is 2. The van der Waals surface area contributed by atoms with Gasteiger partial charge in [0, 0.05) is 9.79 Å². The summed E-state index contributed by atoms with van der Waals surface area (Å²) in [7, 11) is 1.61. The van der Waals surface area contributed by atoms with Crippen molar-refractivity contribution >= 4 is 34.8 Å². The number of aromatic carboxylic acids is 1. The number of rotatable bonds is 5. The van der Waals surface area contributed by atoms with Crippen molar-refractivity contribution in [2.24, 2.45) is 0 Å². The maximum absolute atomic E-state index is 11.8. The standard InChI is InChI=1S/C21H18N2O4S/c1-27-13-9-10-16-19(11-13)28-18-8-4-5-14(21(25)26)20(18)23(16)12-22-15-6-2-3-7-17(15)24/h2-11,22,24H,12H2,1H3,(H,25,26). The number of nitrogens with zero attached hydrogens (tertiary/aromatic N) is 1. The van der Waals surface area contributed by atoms with Gasteiger partial charge < -0.3 is 25.2 Å². The number of anilines is 3. The van der Waals surface area contributed by atoms with Crippen LogP contribution < -0.4 is 15.0 Å². The monoisotopic (exact) mass is 394 g/mol. The van der Waals surface area contributed by atoms with Crippen LogP contribution in [0.2, 0.25) is 0 Å². The van der Waals surface area contributed by atoms with Gasteiger partial charge in [-0.05, 0) is 42.5 Å². The highest BCUT2D eigenvalue weighted by molar-refractivity contribution is 7.99. The lowest BCUT2D eigenvalue weighted by atomic mass is 10.1. The van der Waals surface area contributed by atoms with Gasteiger partial charge in [-0.1, -0.05) is 30.0 Å². The predicted molar refractivity (Wildman–Crippen MR) is 109 cm³/mol. The fourth-order valence-electron chi connectivity index (χ4n) is 3.17. The van der Waals surface area contributed by atoms with Gasteiger partial charge >= 0.3 is 5.97 Å². The van der Waals surface area contributed by atoms with E-state index in [1.807, 2.05) is 35.2 Å². The SMILES string of the molecule is COc1ccc2c(c1)Sc1cccc(C(=O)O)c1N2CNc1ccccc1O. The molecule has 0 spiro atoms. The number of aromatic hydroxyl groups is 1. The molecule has 4 rings (SSSR count). The van der Waals surface area contributed by atoms with E-state index in [0.717, 1.165) is 21.2 Å². The van der Waals surface area contributed by atoms with Gasteiger partial charge in [0.2, 0.25) is 0 Å². The van der Waals surface area contributed by atoms with E-state index in [9.17, 15) is 15.0 Å². The zero-order valence-corrected chi connectivity index (χ0v) is 15.9. The molecule has 3 aromatic carbocycles. The van der Waals surface area contributed by atoms with Crippen molar-refractivity contribution in [3.05, 3.63) is 66.2 Å². The van der Waals surface area contributed by atoms with E-state index in [0.29, 0.717) is 11.4 Å². The van der Waals surface area contributed by atoms with Crippen molar-refractivity contribution in [1.29, 1.82) is 0 Å². The summed E-state index contributed by atoms with van der Waals surface area (Å²) < 4.78 is 5.34. The number of para-hydroxylation sites is 3. The molecule has 142 valence electrons. The van der Waals surface area contributed by atoms with Crippen LogP contribution in [0.5, 0.6) is 11.5 Å².